The molecule has 0 bridgehead atoms. The van der Waals surface area contributed by atoms with Gasteiger partial charge >= 0.3 is 0 Å². The molecule has 2 rings (SSSR count). The third kappa shape index (κ3) is 2.90. The number of amides is 1. The number of hydrogen-bond acceptors (Lipinski definition) is 3. The van der Waals surface area contributed by atoms with E-state index < -0.39 is 17.7 Å². The highest BCUT2D eigenvalue weighted by atomic mass is 79.9. The molecule has 4 nitrogen and oxygen atoms in total. The number of pyridine rings is 1. The average molecular weight is 318 g/mol. The molecule has 0 aliphatic heterocycles. The molecule has 0 radical (unpaired) electrons. The van der Waals surface area contributed by atoms with Crippen LogP contribution in [0.1, 0.15) is 12.1 Å². The number of carbonyl (C=O) groups excluding carboxylic acids is 1. The Morgan fingerprint density at radius 1 is 1.67 bits per heavy atom. The predicted octanol–water partition coefficient (Wildman–Crippen LogP) is 2.29. The molecule has 1 aliphatic carbocycles. The summed E-state index contributed by atoms with van der Waals surface area (Å²) < 4.78 is 26.2. The van der Waals surface area contributed by atoms with Crippen LogP contribution in [0.2, 0.25) is 0 Å². The Hall–Kier alpha value is -1.37. The van der Waals surface area contributed by atoms with Crippen LogP contribution in [0.15, 0.2) is 27.9 Å². The first-order valence-electron chi connectivity index (χ1n) is 5.21. The van der Waals surface area contributed by atoms with Crippen molar-refractivity contribution in [1.29, 1.82) is 0 Å². The highest BCUT2D eigenvalue weighted by molar-refractivity contribution is 9.10. The van der Waals surface area contributed by atoms with Crippen LogP contribution in [0.25, 0.3) is 0 Å². The van der Waals surface area contributed by atoms with Crippen LogP contribution in [0, 0.1) is 5.92 Å². The first kappa shape index (κ1) is 13.1. The molecule has 1 amide bonds. The molecule has 1 unspecified atom stereocenters. The van der Waals surface area contributed by atoms with Gasteiger partial charge in [-0.2, -0.15) is 5.10 Å². The fourth-order valence-electron chi connectivity index (χ4n) is 1.37. The second kappa shape index (κ2) is 4.72. The third-order valence-corrected chi connectivity index (χ3v) is 3.03. The summed E-state index contributed by atoms with van der Waals surface area (Å²) in [7, 11) is 1.35. The molecule has 0 spiro atoms. The van der Waals surface area contributed by atoms with E-state index >= 15 is 0 Å². The fraction of sp³-hybridized carbons (Fsp3) is 0.364. The Bertz CT molecular complexity index is 490. The first-order valence-corrected chi connectivity index (χ1v) is 6.00. The number of carbonyl (C=O) groups is 1. The molecule has 1 fully saturated rings. The summed E-state index contributed by atoms with van der Waals surface area (Å²) in [5.74, 6) is -4.76. The summed E-state index contributed by atoms with van der Waals surface area (Å²) in [5.41, 5.74) is 0.542. The zero-order valence-electron chi connectivity index (χ0n) is 9.48. The van der Waals surface area contributed by atoms with Crippen molar-refractivity contribution in [2.24, 2.45) is 11.0 Å². The van der Waals surface area contributed by atoms with Crippen molar-refractivity contribution in [3.8, 4) is 0 Å². The molecule has 18 heavy (non-hydrogen) atoms. The lowest BCUT2D eigenvalue weighted by Crippen LogP contribution is -2.25. The minimum absolute atomic E-state index is 0.387. The average Bonchev–Trinajstić information content (AvgIpc) is 2.96. The molecular formula is C11H10BrF2N3O. The molecule has 1 aliphatic rings. The Kier molecular flexibility index (Phi) is 3.43. The van der Waals surface area contributed by atoms with E-state index in [-0.39, 0.29) is 6.42 Å². The summed E-state index contributed by atoms with van der Waals surface area (Å²) in [6, 6.07) is 3.46. The first-order chi connectivity index (χ1) is 8.40. The Morgan fingerprint density at radius 2 is 2.33 bits per heavy atom. The third-order valence-electron chi connectivity index (χ3n) is 2.56. The number of alkyl halides is 2. The molecule has 1 atom stereocenters. The predicted molar refractivity (Wildman–Crippen MR) is 65.4 cm³/mol. The van der Waals surface area contributed by atoms with Gasteiger partial charge in [0.15, 0.2) is 0 Å². The monoisotopic (exact) mass is 317 g/mol. The van der Waals surface area contributed by atoms with Crippen LogP contribution >= 0.6 is 15.9 Å². The molecule has 1 saturated carbocycles. The second-order valence-corrected chi connectivity index (χ2v) is 4.94. The summed E-state index contributed by atoms with van der Waals surface area (Å²) in [4.78, 5) is 15.5. The van der Waals surface area contributed by atoms with Crippen LogP contribution in [-0.2, 0) is 4.79 Å². The van der Waals surface area contributed by atoms with Gasteiger partial charge in [0.25, 0.3) is 11.8 Å². The smallest absolute Gasteiger partial charge is 0.260 e. The van der Waals surface area contributed by atoms with Crippen molar-refractivity contribution < 1.29 is 13.6 Å². The van der Waals surface area contributed by atoms with E-state index in [1.165, 1.54) is 13.3 Å². The molecule has 0 aromatic carbocycles. The number of aromatic nitrogens is 1. The lowest BCUT2D eigenvalue weighted by Gasteiger charge is -2.09. The summed E-state index contributed by atoms with van der Waals surface area (Å²) in [6.07, 6.45) is 2.55. The maximum absolute atomic E-state index is 12.7. The van der Waals surface area contributed by atoms with Gasteiger partial charge in [-0.1, -0.05) is 0 Å². The standard InChI is InChI=1S/C11H10BrF2N3O/c1-17(10(18)9-4-11(9,13)14)16-6-8-3-2-7(12)5-15-8/h2-3,5-6,9H,4H2,1H3/b16-6+. The van der Waals surface area contributed by atoms with Crippen LogP contribution in [-0.4, -0.2) is 35.1 Å². The zero-order chi connectivity index (χ0) is 13.3. The number of halogens is 3. The molecule has 1 heterocycles. The van der Waals surface area contributed by atoms with E-state index in [0.717, 1.165) is 9.48 Å². The maximum Gasteiger partial charge on any atom is 0.260 e. The van der Waals surface area contributed by atoms with Crippen LogP contribution in [0.4, 0.5) is 8.78 Å². The molecule has 96 valence electrons. The molecule has 0 saturated heterocycles. The van der Waals surface area contributed by atoms with Crippen molar-refractivity contribution in [1.82, 2.24) is 9.99 Å². The Labute approximate surface area is 111 Å². The van der Waals surface area contributed by atoms with Crippen molar-refractivity contribution in [2.45, 2.75) is 12.3 Å². The topological polar surface area (TPSA) is 45.6 Å². The maximum atomic E-state index is 12.7. The highest BCUT2D eigenvalue weighted by Crippen LogP contribution is 2.49. The van der Waals surface area contributed by atoms with Gasteiger partial charge in [-0.25, -0.2) is 13.8 Å². The van der Waals surface area contributed by atoms with Crippen molar-refractivity contribution >= 4 is 28.1 Å². The Balaban J connectivity index is 1.97. The minimum Gasteiger partial charge on any atom is -0.272 e. The molecule has 7 heteroatoms. The van der Waals surface area contributed by atoms with Gasteiger partial charge < -0.3 is 0 Å². The van der Waals surface area contributed by atoms with Gasteiger partial charge in [-0.3, -0.25) is 9.78 Å². The Morgan fingerprint density at radius 3 is 2.83 bits per heavy atom. The van der Waals surface area contributed by atoms with E-state index in [4.69, 9.17) is 0 Å². The van der Waals surface area contributed by atoms with Gasteiger partial charge in [0, 0.05) is 24.1 Å². The number of nitrogens with zero attached hydrogens (tertiary/aromatic N) is 3. The molecule has 0 N–H and O–H groups in total. The van der Waals surface area contributed by atoms with Gasteiger partial charge in [0.05, 0.1) is 11.9 Å². The van der Waals surface area contributed by atoms with Gasteiger partial charge in [0.1, 0.15) is 5.92 Å². The van der Waals surface area contributed by atoms with E-state index in [9.17, 15) is 13.6 Å². The van der Waals surface area contributed by atoms with Gasteiger partial charge in [0.2, 0.25) is 0 Å². The number of rotatable bonds is 3. The van der Waals surface area contributed by atoms with E-state index in [2.05, 4.69) is 26.0 Å². The SMILES string of the molecule is CN(/N=C/c1ccc(Br)cn1)C(=O)C1CC1(F)F. The quantitative estimate of drug-likeness (QED) is 0.634. The van der Waals surface area contributed by atoms with E-state index in [0.29, 0.717) is 5.69 Å². The number of hydrogen-bond donors (Lipinski definition) is 0. The van der Waals surface area contributed by atoms with Crippen LogP contribution < -0.4 is 0 Å². The van der Waals surface area contributed by atoms with Gasteiger partial charge in [-0.15, -0.1) is 0 Å². The van der Waals surface area contributed by atoms with Crippen LogP contribution in [0.3, 0.4) is 0 Å². The largest absolute Gasteiger partial charge is 0.272 e. The molecular weight excluding hydrogens is 308 g/mol. The van der Waals surface area contributed by atoms with Gasteiger partial charge in [-0.05, 0) is 28.1 Å². The van der Waals surface area contributed by atoms with Crippen molar-refractivity contribution in [2.75, 3.05) is 7.05 Å². The summed E-state index contributed by atoms with van der Waals surface area (Å²) >= 11 is 3.23. The minimum atomic E-state index is -2.86. The van der Waals surface area contributed by atoms with Crippen molar-refractivity contribution in [3.63, 3.8) is 0 Å². The highest BCUT2D eigenvalue weighted by Gasteiger charge is 2.62. The second-order valence-electron chi connectivity index (χ2n) is 4.03. The van der Waals surface area contributed by atoms with E-state index in [1.54, 1.807) is 18.3 Å². The van der Waals surface area contributed by atoms with Crippen LogP contribution in [0.5, 0.6) is 0 Å². The lowest BCUT2D eigenvalue weighted by molar-refractivity contribution is -0.133. The van der Waals surface area contributed by atoms with Crippen molar-refractivity contribution in [3.05, 3.63) is 28.5 Å². The number of hydrazone groups is 1. The summed E-state index contributed by atoms with van der Waals surface area (Å²) in [6.45, 7) is 0. The zero-order valence-corrected chi connectivity index (χ0v) is 11.1. The lowest BCUT2D eigenvalue weighted by atomic mass is 10.4. The van der Waals surface area contributed by atoms with E-state index in [1.807, 2.05) is 0 Å². The molecule has 1 aromatic heterocycles. The molecule has 1 aromatic rings. The summed E-state index contributed by atoms with van der Waals surface area (Å²) in [5, 5.41) is 4.72. The fourth-order valence-corrected chi connectivity index (χ4v) is 1.61. The normalized spacial score (nSPS) is 21.0.